The number of rotatable bonds is 2. The number of hydrogen-bond donors (Lipinski definition) is 1. The Balaban J connectivity index is 2.07. The first-order valence-corrected chi connectivity index (χ1v) is 8.45. The maximum atomic E-state index is 12.4. The third-order valence-electron chi connectivity index (χ3n) is 4.36. The Morgan fingerprint density at radius 1 is 1.26 bits per heavy atom. The zero-order chi connectivity index (χ0) is 16.1. The van der Waals surface area contributed by atoms with Gasteiger partial charge in [0, 0.05) is 16.1 Å². The average molecular weight is 323 g/mol. The van der Waals surface area contributed by atoms with E-state index < -0.39 is 0 Å². The van der Waals surface area contributed by atoms with E-state index in [1.165, 1.54) is 10.4 Å². The number of allylic oxidation sites excluding steroid dienone is 2. The molecule has 0 fully saturated rings. The van der Waals surface area contributed by atoms with Gasteiger partial charge in [0.05, 0.1) is 11.0 Å². The first-order chi connectivity index (χ1) is 11.1. The van der Waals surface area contributed by atoms with Crippen LogP contribution in [0.5, 0.6) is 0 Å². The average Bonchev–Trinajstić information content (AvgIpc) is 3.08. The van der Waals surface area contributed by atoms with Gasteiger partial charge < -0.3 is 5.32 Å². The first kappa shape index (κ1) is 14.2. The fourth-order valence-corrected chi connectivity index (χ4v) is 4.36. The Morgan fingerprint density at radius 3 is 2.74 bits per heavy atom. The van der Waals surface area contributed by atoms with E-state index in [0.717, 1.165) is 28.3 Å². The van der Waals surface area contributed by atoms with E-state index in [9.17, 15) is 4.79 Å². The molecule has 4 rings (SSSR count). The Morgan fingerprint density at radius 2 is 2.04 bits per heavy atom. The van der Waals surface area contributed by atoms with Crippen LogP contribution in [0.25, 0.3) is 11.0 Å². The lowest BCUT2D eigenvalue weighted by Crippen LogP contribution is -2.26. The lowest BCUT2D eigenvalue weighted by Gasteiger charge is -2.29. The molecule has 0 saturated carbocycles. The maximum Gasteiger partial charge on any atom is 0.209 e. The minimum atomic E-state index is -0.115. The molecule has 1 aliphatic heterocycles. The molecule has 3 aromatic rings. The quantitative estimate of drug-likeness (QED) is 0.765. The number of nitrogens with zero attached hydrogens (tertiary/aromatic N) is 2. The second-order valence-electron chi connectivity index (χ2n) is 5.88. The van der Waals surface area contributed by atoms with Gasteiger partial charge >= 0.3 is 0 Å². The Hall–Kier alpha value is -2.40. The number of imidazole rings is 1. The lowest BCUT2D eigenvalue weighted by molar-refractivity contribution is -0.114. The van der Waals surface area contributed by atoms with Gasteiger partial charge in [-0.05, 0) is 49.9 Å². The number of Topliss-reactive ketones (excluding diaryl/α,β-unsaturated/α-hetero) is 1. The van der Waals surface area contributed by atoms with Crippen molar-refractivity contribution in [2.24, 2.45) is 0 Å². The van der Waals surface area contributed by atoms with Crippen molar-refractivity contribution in [3.63, 3.8) is 0 Å². The normalized spacial score (nSPS) is 17.3. The number of fused-ring (bicyclic) bond motifs is 3. The molecule has 23 heavy (non-hydrogen) atoms. The molecule has 1 aromatic carbocycles. The summed E-state index contributed by atoms with van der Waals surface area (Å²) in [5, 5.41) is 5.39. The topological polar surface area (TPSA) is 46.9 Å². The summed E-state index contributed by atoms with van der Waals surface area (Å²) in [4.78, 5) is 18.3. The summed E-state index contributed by atoms with van der Waals surface area (Å²) >= 11 is 1.69. The minimum absolute atomic E-state index is 0.0937. The van der Waals surface area contributed by atoms with Gasteiger partial charge in [-0.25, -0.2) is 4.98 Å². The van der Waals surface area contributed by atoms with E-state index in [0.29, 0.717) is 0 Å². The van der Waals surface area contributed by atoms with Crippen LogP contribution in [0.1, 0.15) is 30.3 Å². The summed E-state index contributed by atoms with van der Waals surface area (Å²) in [6.07, 6.45) is 0. The fraction of sp³-hybridized carbons (Fsp3) is 0.222. The fourth-order valence-electron chi connectivity index (χ4n) is 3.33. The van der Waals surface area contributed by atoms with Gasteiger partial charge in [-0.1, -0.05) is 12.1 Å². The molecule has 3 heterocycles. The van der Waals surface area contributed by atoms with Crippen molar-refractivity contribution in [1.82, 2.24) is 9.55 Å². The predicted octanol–water partition coefficient (Wildman–Crippen LogP) is 4.28. The third-order valence-corrected chi connectivity index (χ3v) is 5.43. The molecule has 0 aliphatic carbocycles. The minimum Gasteiger partial charge on any atom is -0.329 e. The lowest BCUT2D eigenvalue weighted by atomic mass is 9.96. The molecule has 1 unspecified atom stereocenters. The van der Waals surface area contributed by atoms with Crippen molar-refractivity contribution in [2.75, 3.05) is 5.32 Å². The van der Waals surface area contributed by atoms with E-state index in [4.69, 9.17) is 4.98 Å². The molecule has 0 radical (unpaired) electrons. The number of carbonyl (C=O) groups is 1. The van der Waals surface area contributed by atoms with E-state index in [-0.39, 0.29) is 11.8 Å². The number of thiophene rings is 1. The molecule has 0 spiro atoms. The molecule has 1 atom stereocenters. The van der Waals surface area contributed by atoms with Crippen LogP contribution in [-0.2, 0) is 4.79 Å². The van der Waals surface area contributed by atoms with Gasteiger partial charge in [0.1, 0.15) is 6.04 Å². The number of para-hydroxylation sites is 2. The highest BCUT2D eigenvalue weighted by atomic mass is 32.1. The molecule has 1 aliphatic rings. The number of benzene rings is 1. The predicted molar refractivity (Wildman–Crippen MR) is 93.9 cm³/mol. The SMILES string of the molecule is CC(=O)C1=C(C)Nc2nc3ccccc3n2C1c1sccc1C. The van der Waals surface area contributed by atoms with Gasteiger partial charge in [0.2, 0.25) is 5.95 Å². The molecular weight excluding hydrogens is 306 g/mol. The Bertz CT molecular complexity index is 964. The Kier molecular flexibility index (Phi) is 3.13. The highest BCUT2D eigenvalue weighted by Gasteiger charge is 2.33. The largest absolute Gasteiger partial charge is 0.329 e. The molecule has 0 bridgehead atoms. The van der Waals surface area contributed by atoms with Crippen LogP contribution in [0, 0.1) is 6.92 Å². The van der Waals surface area contributed by atoms with Crippen LogP contribution in [0.2, 0.25) is 0 Å². The van der Waals surface area contributed by atoms with E-state index in [1.807, 2.05) is 25.1 Å². The number of hydrogen-bond acceptors (Lipinski definition) is 4. The molecule has 2 aromatic heterocycles. The molecule has 4 nitrogen and oxygen atoms in total. The highest BCUT2D eigenvalue weighted by Crippen LogP contribution is 2.42. The van der Waals surface area contributed by atoms with E-state index in [1.54, 1.807) is 18.3 Å². The number of ketones is 1. The van der Waals surface area contributed by atoms with Crippen molar-refractivity contribution >= 4 is 34.1 Å². The number of carbonyl (C=O) groups excluding carboxylic acids is 1. The number of aromatic nitrogens is 2. The summed E-state index contributed by atoms with van der Waals surface area (Å²) in [5.41, 5.74) is 4.88. The van der Waals surface area contributed by atoms with Crippen LogP contribution < -0.4 is 5.32 Å². The van der Waals surface area contributed by atoms with Crippen molar-refractivity contribution in [3.8, 4) is 0 Å². The van der Waals surface area contributed by atoms with Gasteiger partial charge in [0.15, 0.2) is 5.78 Å². The Labute approximate surface area is 138 Å². The van der Waals surface area contributed by atoms with Crippen molar-refractivity contribution in [2.45, 2.75) is 26.8 Å². The third kappa shape index (κ3) is 2.04. The smallest absolute Gasteiger partial charge is 0.209 e. The van der Waals surface area contributed by atoms with Crippen LogP contribution in [0.15, 0.2) is 47.0 Å². The van der Waals surface area contributed by atoms with E-state index in [2.05, 4.69) is 34.3 Å². The summed E-state index contributed by atoms with van der Waals surface area (Å²) in [6, 6.07) is 10.0. The standard InChI is InChI=1S/C18H17N3OS/c1-10-8-9-23-17(10)16-15(12(3)22)11(2)19-18-20-13-6-4-5-7-14(13)21(16)18/h4-9,16H,1-3H3,(H,19,20). The number of aryl methyl sites for hydroxylation is 1. The molecule has 1 N–H and O–H groups in total. The van der Waals surface area contributed by atoms with Crippen molar-refractivity contribution in [1.29, 1.82) is 0 Å². The monoisotopic (exact) mass is 323 g/mol. The van der Waals surface area contributed by atoms with Crippen LogP contribution >= 0.6 is 11.3 Å². The van der Waals surface area contributed by atoms with Crippen LogP contribution in [-0.4, -0.2) is 15.3 Å². The molecule has 0 saturated heterocycles. The summed E-state index contributed by atoms with van der Waals surface area (Å²) in [7, 11) is 0. The molecule has 0 amide bonds. The zero-order valence-corrected chi connectivity index (χ0v) is 14.1. The molecule has 116 valence electrons. The van der Waals surface area contributed by atoms with Gasteiger partial charge in [-0.3, -0.25) is 9.36 Å². The van der Waals surface area contributed by atoms with Crippen molar-refractivity contribution in [3.05, 3.63) is 57.4 Å². The maximum absolute atomic E-state index is 12.4. The number of anilines is 1. The number of nitrogens with one attached hydrogen (secondary N) is 1. The van der Waals surface area contributed by atoms with Gasteiger partial charge in [0.25, 0.3) is 0 Å². The second-order valence-corrected chi connectivity index (χ2v) is 6.83. The van der Waals surface area contributed by atoms with Crippen molar-refractivity contribution < 1.29 is 4.79 Å². The van der Waals surface area contributed by atoms with Crippen LogP contribution in [0.4, 0.5) is 5.95 Å². The second kappa shape index (κ2) is 5.06. The molecule has 5 heteroatoms. The van der Waals surface area contributed by atoms with Gasteiger partial charge in [-0.15, -0.1) is 11.3 Å². The summed E-state index contributed by atoms with van der Waals surface area (Å²) < 4.78 is 2.15. The zero-order valence-electron chi connectivity index (χ0n) is 13.3. The highest BCUT2D eigenvalue weighted by molar-refractivity contribution is 7.10. The summed E-state index contributed by atoms with van der Waals surface area (Å²) in [6.45, 7) is 5.69. The van der Waals surface area contributed by atoms with E-state index >= 15 is 0 Å². The van der Waals surface area contributed by atoms with Gasteiger partial charge in [-0.2, -0.15) is 0 Å². The summed E-state index contributed by atoms with van der Waals surface area (Å²) in [5.74, 6) is 0.891. The first-order valence-electron chi connectivity index (χ1n) is 7.57. The van der Waals surface area contributed by atoms with Crippen LogP contribution in [0.3, 0.4) is 0 Å². The molecular formula is C18H17N3OS.